The third kappa shape index (κ3) is 4.11. The third-order valence-corrected chi connectivity index (χ3v) is 5.50. The minimum absolute atomic E-state index is 0.236. The first-order valence-electron chi connectivity index (χ1n) is 8.84. The summed E-state index contributed by atoms with van der Waals surface area (Å²) in [4.78, 5) is 26.1. The molecule has 1 saturated heterocycles. The summed E-state index contributed by atoms with van der Waals surface area (Å²) in [5.41, 5.74) is 0.169. The summed E-state index contributed by atoms with van der Waals surface area (Å²) in [7, 11) is 0. The van der Waals surface area contributed by atoms with Gasteiger partial charge in [0.25, 0.3) is 0 Å². The molecule has 0 aromatic heterocycles. The molecule has 1 N–H and O–H groups in total. The van der Waals surface area contributed by atoms with Gasteiger partial charge in [-0.25, -0.2) is 0 Å². The van der Waals surface area contributed by atoms with Crippen LogP contribution in [0.2, 0.25) is 5.02 Å². The Bertz CT molecular complexity index is 665. The van der Waals surface area contributed by atoms with Crippen LogP contribution in [0.4, 0.5) is 0 Å². The van der Waals surface area contributed by atoms with E-state index in [4.69, 9.17) is 16.3 Å². The van der Waals surface area contributed by atoms with Crippen molar-refractivity contribution in [2.24, 2.45) is 11.3 Å². The number of aryl methyl sites for hydroxylation is 1. The Kier molecular flexibility index (Phi) is 6.16. The van der Waals surface area contributed by atoms with Gasteiger partial charge in [-0.15, -0.1) is 0 Å². The van der Waals surface area contributed by atoms with E-state index in [1.807, 2.05) is 52.8 Å². The van der Waals surface area contributed by atoms with Gasteiger partial charge in [-0.1, -0.05) is 30.7 Å². The number of nitrogens with zero attached hydrogens (tertiary/aromatic N) is 1. The number of hydrogen-bond donors (Lipinski definition) is 1. The molecule has 1 aliphatic heterocycles. The number of benzene rings is 1. The molecule has 1 fully saturated rings. The number of carbonyl (C=O) groups excluding carboxylic acids is 1. The molecule has 144 valence electrons. The fourth-order valence-corrected chi connectivity index (χ4v) is 4.04. The molecule has 1 aromatic carbocycles. The van der Waals surface area contributed by atoms with E-state index in [2.05, 4.69) is 4.90 Å². The zero-order valence-corrected chi connectivity index (χ0v) is 16.8. The maximum Gasteiger partial charge on any atom is 0.314 e. The van der Waals surface area contributed by atoms with Crippen LogP contribution in [0.25, 0.3) is 0 Å². The number of halogens is 1. The van der Waals surface area contributed by atoms with Crippen molar-refractivity contribution in [2.75, 3.05) is 13.1 Å². The minimum atomic E-state index is -1.27. The highest BCUT2D eigenvalue weighted by molar-refractivity contribution is 6.31. The Labute approximate surface area is 160 Å². The molecule has 26 heavy (non-hydrogen) atoms. The second-order valence-corrected chi connectivity index (χ2v) is 8.65. The van der Waals surface area contributed by atoms with Gasteiger partial charge in [-0.3, -0.25) is 9.69 Å². The number of carboxylic acid groups (broad SMARTS) is 1. The van der Waals surface area contributed by atoms with E-state index in [0.29, 0.717) is 24.4 Å². The number of aldehydes is 1. The Hall–Kier alpha value is -1.43. The van der Waals surface area contributed by atoms with Crippen molar-refractivity contribution in [1.82, 2.24) is 4.90 Å². The van der Waals surface area contributed by atoms with Crippen molar-refractivity contribution in [3.63, 3.8) is 0 Å². The number of likely N-dealkylation sites (tertiary alicyclic amines) is 1. The Morgan fingerprint density at radius 2 is 2.15 bits per heavy atom. The van der Waals surface area contributed by atoms with Gasteiger partial charge in [0, 0.05) is 24.7 Å². The summed E-state index contributed by atoms with van der Waals surface area (Å²) in [6.45, 7) is 10.7. The summed E-state index contributed by atoms with van der Waals surface area (Å²) in [5, 5.41) is 10.7. The molecule has 0 radical (unpaired) electrons. The molecular weight excluding hydrogens is 354 g/mol. The molecule has 0 spiro atoms. The highest BCUT2D eigenvalue weighted by Gasteiger charge is 2.57. The number of ether oxygens (including phenoxy) is 1. The van der Waals surface area contributed by atoms with Crippen molar-refractivity contribution in [3.8, 4) is 0 Å². The molecule has 0 bridgehead atoms. The van der Waals surface area contributed by atoms with Crippen LogP contribution < -0.4 is 0 Å². The van der Waals surface area contributed by atoms with E-state index < -0.39 is 23.1 Å². The highest BCUT2D eigenvalue weighted by atomic mass is 35.5. The number of carboxylic acids is 1. The molecule has 1 unspecified atom stereocenters. The van der Waals surface area contributed by atoms with Crippen LogP contribution in [0, 0.1) is 18.3 Å². The van der Waals surface area contributed by atoms with E-state index in [1.165, 1.54) is 0 Å². The van der Waals surface area contributed by atoms with E-state index in [0.717, 1.165) is 11.1 Å². The molecule has 5 nitrogen and oxygen atoms in total. The SMILES string of the molecule is Cc1cccc(Cl)c1CN1C[C@H](C)[C@@](C(=O)O)(C(C=O)OC(C)(C)C)C1. The molecule has 0 aliphatic carbocycles. The van der Waals surface area contributed by atoms with E-state index in [9.17, 15) is 14.7 Å². The number of rotatable bonds is 6. The van der Waals surface area contributed by atoms with Gasteiger partial charge in [0.15, 0.2) is 0 Å². The zero-order valence-electron chi connectivity index (χ0n) is 16.1. The van der Waals surface area contributed by atoms with Crippen LogP contribution in [-0.2, 0) is 20.9 Å². The molecule has 3 atom stereocenters. The second-order valence-electron chi connectivity index (χ2n) is 8.24. The maximum absolute atomic E-state index is 12.3. The van der Waals surface area contributed by atoms with Gasteiger partial charge in [0.05, 0.1) is 5.60 Å². The van der Waals surface area contributed by atoms with Crippen LogP contribution in [0.5, 0.6) is 0 Å². The van der Waals surface area contributed by atoms with Crippen LogP contribution in [0.1, 0.15) is 38.8 Å². The normalized spacial score (nSPS) is 25.2. The summed E-state index contributed by atoms with van der Waals surface area (Å²) in [6, 6.07) is 5.72. The first kappa shape index (κ1) is 20.9. The van der Waals surface area contributed by atoms with Gasteiger partial charge >= 0.3 is 5.97 Å². The number of hydrogen-bond acceptors (Lipinski definition) is 4. The quantitative estimate of drug-likeness (QED) is 0.763. The zero-order chi connectivity index (χ0) is 19.7. The average Bonchev–Trinajstić information content (AvgIpc) is 2.85. The van der Waals surface area contributed by atoms with Crippen molar-refractivity contribution < 1.29 is 19.4 Å². The van der Waals surface area contributed by atoms with Gasteiger partial charge < -0.3 is 14.6 Å². The third-order valence-electron chi connectivity index (χ3n) is 5.14. The molecule has 1 aromatic rings. The fourth-order valence-electron chi connectivity index (χ4n) is 3.76. The second kappa shape index (κ2) is 7.67. The van der Waals surface area contributed by atoms with Crippen LogP contribution in [-0.4, -0.2) is 47.1 Å². The molecule has 2 rings (SSSR count). The molecule has 6 heteroatoms. The lowest BCUT2D eigenvalue weighted by molar-refractivity contribution is -0.175. The highest BCUT2D eigenvalue weighted by Crippen LogP contribution is 2.42. The predicted molar refractivity (Wildman–Crippen MR) is 101 cm³/mol. The van der Waals surface area contributed by atoms with Crippen molar-refractivity contribution in [1.29, 1.82) is 0 Å². The molecule has 0 amide bonds. The smallest absolute Gasteiger partial charge is 0.314 e. The first-order valence-corrected chi connectivity index (χ1v) is 9.22. The van der Waals surface area contributed by atoms with E-state index in [1.54, 1.807) is 0 Å². The Balaban J connectivity index is 2.32. The standard InChI is InChI=1S/C20H28ClNO4/c1-13-7-6-8-16(21)15(13)10-22-9-14(2)20(12-22,18(24)25)17(11-23)26-19(3,4)5/h6-8,11,14,17H,9-10,12H2,1-5H3,(H,24,25)/t14-,17?,20+/m0/s1. The summed E-state index contributed by atoms with van der Waals surface area (Å²) in [6.07, 6.45) is -0.368. The van der Waals surface area contributed by atoms with Crippen molar-refractivity contribution >= 4 is 23.9 Å². The van der Waals surface area contributed by atoms with Crippen LogP contribution in [0.3, 0.4) is 0 Å². The monoisotopic (exact) mass is 381 g/mol. The average molecular weight is 382 g/mol. The van der Waals surface area contributed by atoms with Crippen LogP contribution in [0.15, 0.2) is 18.2 Å². The Morgan fingerprint density at radius 3 is 2.65 bits per heavy atom. The summed E-state index contributed by atoms with van der Waals surface area (Å²) in [5.74, 6) is -1.23. The van der Waals surface area contributed by atoms with Gasteiger partial charge in [0.1, 0.15) is 17.8 Å². The summed E-state index contributed by atoms with van der Waals surface area (Å²) >= 11 is 6.33. The van der Waals surface area contributed by atoms with Crippen LogP contribution >= 0.6 is 11.6 Å². The van der Waals surface area contributed by atoms with Crippen molar-refractivity contribution in [3.05, 3.63) is 34.3 Å². The van der Waals surface area contributed by atoms with Gasteiger partial charge in [0.2, 0.25) is 0 Å². The molecular formula is C20H28ClNO4. The molecule has 0 saturated carbocycles. The molecule has 1 heterocycles. The lowest BCUT2D eigenvalue weighted by atomic mass is 9.74. The Morgan fingerprint density at radius 1 is 1.50 bits per heavy atom. The van der Waals surface area contributed by atoms with Gasteiger partial charge in [-0.05, 0) is 50.8 Å². The molecule has 1 aliphatic rings. The number of aliphatic carboxylic acids is 1. The summed E-state index contributed by atoms with van der Waals surface area (Å²) < 4.78 is 5.85. The number of carbonyl (C=O) groups is 2. The predicted octanol–water partition coefficient (Wildman–Crippen LogP) is 3.55. The first-order chi connectivity index (χ1) is 12.0. The largest absolute Gasteiger partial charge is 0.481 e. The topological polar surface area (TPSA) is 66.8 Å². The maximum atomic E-state index is 12.3. The minimum Gasteiger partial charge on any atom is -0.481 e. The lowest BCUT2D eigenvalue weighted by Gasteiger charge is -2.37. The fraction of sp³-hybridized carbons (Fsp3) is 0.600. The van der Waals surface area contributed by atoms with Crippen molar-refractivity contribution in [2.45, 2.75) is 52.9 Å². The lowest BCUT2D eigenvalue weighted by Crippen LogP contribution is -2.52. The van der Waals surface area contributed by atoms with Gasteiger partial charge in [-0.2, -0.15) is 0 Å². The van der Waals surface area contributed by atoms with E-state index >= 15 is 0 Å². The van der Waals surface area contributed by atoms with E-state index in [-0.39, 0.29) is 12.5 Å².